The van der Waals surface area contributed by atoms with Gasteiger partial charge in [0.15, 0.2) is 24.7 Å². The van der Waals surface area contributed by atoms with Gasteiger partial charge in [-0.1, -0.05) is 0 Å². The van der Waals surface area contributed by atoms with Crippen LogP contribution in [0.3, 0.4) is 0 Å². The minimum atomic E-state index is 0.376. The number of nitrogens with zero attached hydrogens (tertiary/aromatic N) is 2. The second-order valence-electron chi connectivity index (χ2n) is 6.54. The van der Waals surface area contributed by atoms with Crippen molar-refractivity contribution in [1.82, 2.24) is 4.98 Å². The fraction of sp³-hybridized carbons (Fsp3) is 0.300. The number of oxazole rings is 1. The van der Waals surface area contributed by atoms with E-state index < -0.39 is 0 Å². The second kappa shape index (κ2) is 6.01. The molecule has 3 aromatic rings. The molecule has 5 rings (SSSR count). The number of ether oxygens (including phenoxy) is 2. The monoisotopic (exact) mass is 335 g/mol. The van der Waals surface area contributed by atoms with Crippen molar-refractivity contribution in [2.75, 3.05) is 13.2 Å². The topological polar surface area (TPSA) is 51.7 Å². The molecule has 2 aliphatic heterocycles. The van der Waals surface area contributed by atoms with Crippen LogP contribution in [-0.2, 0) is 17.7 Å². The molecule has 0 saturated carbocycles. The molecule has 5 heteroatoms. The van der Waals surface area contributed by atoms with Crippen LogP contribution in [0.25, 0.3) is 22.8 Å². The van der Waals surface area contributed by atoms with Gasteiger partial charge in [0, 0.05) is 23.3 Å². The molecule has 1 aromatic carbocycles. The molecule has 2 aliphatic rings. The van der Waals surface area contributed by atoms with Crippen molar-refractivity contribution >= 4 is 0 Å². The van der Waals surface area contributed by atoms with Crippen molar-refractivity contribution < 1.29 is 18.5 Å². The molecule has 1 fully saturated rings. The van der Waals surface area contributed by atoms with E-state index >= 15 is 0 Å². The Morgan fingerprint density at radius 1 is 1.12 bits per heavy atom. The summed E-state index contributed by atoms with van der Waals surface area (Å²) in [6.07, 6.45) is 8.36. The molecule has 1 saturated heterocycles. The summed E-state index contributed by atoms with van der Waals surface area (Å²) in [5.74, 6) is 2.40. The third-order valence-electron chi connectivity index (χ3n) is 4.65. The molecule has 1 unspecified atom stereocenters. The van der Waals surface area contributed by atoms with Crippen LogP contribution < -0.4 is 9.30 Å². The molecule has 0 aliphatic carbocycles. The van der Waals surface area contributed by atoms with E-state index in [1.807, 2.05) is 24.3 Å². The zero-order chi connectivity index (χ0) is 16.6. The van der Waals surface area contributed by atoms with Gasteiger partial charge >= 0.3 is 0 Å². The van der Waals surface area contributed by atoms with Gasteiger partial charge in [-0.3, -0.25) is 0 Å². The fourth-order valence-corrected chi connectivity index (χ4v) is 3.19. The highest BCUT2D eigenvalue weighted by Crippen LogP contribution is 2.31. The lowest BCUT2D eigenvalue weighted by molar-refractivity contribution is -0.698. The van der Waals surface area contributed by atoms with Gasteiger partial charge in [-0.15, -0.1) is 0 Å². The number of hydrogen-bond acceptors (Lipinski definition) is 4. The van der Waals surface area contributed by atoms with Gasteiger partial charge in [-0.25, -0.2) is 9.55 Å². The van der Waals surface area contributed by atoms with E-state index in [-0.39, 0.29) is 0 Å². The van der Waals surface area contributed by atoms with E-state index in [1.165, 1.54) is 5.56 Å². The minimum Gasteiger partial charge on any atom is -0.493 e. The zero-order valence-corrected chi connectivity index (χ0v) is 13.9. The molecular weight excluding hydrogens is 316 g/mol. The van der Waals surface area contributed by atoms with Crippen molar-refractivity contribution in [3.05, 3.63) is 54.5 Å². The number of fused-ring (bicyclic) bond motifs is 1. The number of rotatable bonds is 4. The van der Waals surface area contributed by atoms with Crippen LogP contribution in [0.15, 0.2) is 53.3 Å². The third kappa shape index (κ3) is 3.03. The van der Waals surface area contributed by atoms with E-state index in [4.69, 9.17) is 13.9 Å². The van der Waals surface area contributed by atoms with Gasteiger partial charge < -0.3 is 13.9 Å². The zero-order valence-electron chi connectivity index (χ0n) is 13.9. The van der Waals surface area contributed by atoms with Crippen molar-refractivity contribution in [2.24, 2.45) is 0 Å². The van der Waals surface area contributed by atoms with E-state index in [0.717, 1.165) is 55.2 Å². The van der Waals surface area contributed by atoms with Gasteiger partial charge in [0.25, 0.3) is 0 Å². The fourth-order valence-electron chi connectivity index (χ4n) is 3.19. The van der Waals surface area contributed by atoms with Gasteiger partial charge in [-0.2, -0.15) is 0 Å². The Bertz CT molecular complexity index is 898. The normalized spacial score (nSPS) is 18.5. The molecular formula is C20H19N2O3+. The van der Waals surface area contributed by atoms with Crippen LogP contribution >= 0.6 is 0 Å². The van der Waals surface area contributed by atoms with Crippen LogP contribution in [0.5, 0.6) is 5.75 Å². The maximum Gasteiger partial charge on any atom is 0.226 e. The summed E-state index contributed by atoms with van der Waals surface area (Å²) < 4.78 is 19.1. The summed E-state index contributed by atoms with van der Waals surface area (Å²) in [7, 11) is 0. The maximum atomic E-state index is 5.99. The predicted octanol–water partition coefficient (Wildman–Crippen LogP) is 3.02. The number of aromatic nitrogens is 2. The summed E-state index contributed by atoms with van der Waals surface area (Å²) in [6.45, 7) is 2.57. The molecule has 0 bridgehead atoms. The number of benzene rings is 1. The highest BCUT2D eigenvalue weighted by molar-refractivity contribution is 5.62. The van der Waals surface area contributed by atoms with Gasteiger partial charge in [-0.05, 0) is 36.6 Å². The first-order valence-electron chi connectivity index (χ1n) is 8.68. The van der Waals surface area contributed by atoms with E-state index in [0.29, 0.717) is 12.0 Å². The lowest BCUT2D eigenvalue weighted by Crippen LogP contribution is -2.35. The third-order valence-corrected chi connectivity index (χ3v) is 4.65. The first-order valence-corrected chi connectivity index (χ1v) is 8.68. The minimum absolute atomic E-state index is 0.376. The quantitative estimate of drug-likeness (QED) is 0.543. The van der Waals surface area contributed by atoms with Crippen LogP contribution in [0.1, 0.15) is 12.0 Å². The second-order valence-corrected chi connectivity index (χ2v) is 6.54. The highest BCUT2D eigenvalue weighted by Gasteiger charge is 2.27. The molecule has 0 spiro atoms. The summed E-state index contributed by atoms with van der Waals surface area (Å²) in [5.41, 5.74) is 3.24. The van der Waals surface area contributed by atoms with Crippen LogP contribution in [0.4, 0.5) is 0 Å². The van der Waals surface area contributed by atoms with E-state index in [9.17, 15) is 0 Å². The molecule has 0 N–H and O–H groups in total. The van der Waals surface area contributed by atoms with Crippen molar-refractivity contribution in [2.45, 2.75) is 25.5 Å². The average Bonchev–Trinajstić information content (AvgIpc) is 3.34. The molecule has 1 atom stereocenters. The molecule has 126 valence electrons. The molecule has 5 nitrogen and oxygen atoms in total. The van der Waals surface area contributed by atoms with Crippen molar-refractivity contribution in [3.63, 3.8) is 0 Å². The predicted molar refractivity (Wildman–Crippen MR) is 91.1 cm³/mol. The van der Waals surface area contributed by atoms with Gasteiger partial charge in [0.2, 0.25) is 5.89 Å². The Kier molecular flexibility index (Phi) is 3.52. The Morgan fingerprint density at radius 2 is 2.00 bits per heavy atom. The van der Waals surface area contributed by atoms with Gasteiger partial charge in [0.1, 0.15) is 11.9 Å². The van der Waals surface area contributed by atoms with Crippen LogP contribution in [0.2, 0.25) is 0 Å². The highest BCUT2D eigenvalue weighted by atomic mass is 16.6. The largest absolute Gasteiger partial charge is 0.493 e. The SMILES string of the molecule is c1c[n+](CC2CO2)ccc1-c1cnc(-c2ccc3c(c2)CCCO3)o1. The average molecular weight is 335 g/mol. The summed E-state index contributed by atoms with van der Waals surface area (Å²) in [6, 6.07) is 10.2. The summed E-state index contributed by atoms with van der Waals surface area (Å²) in [5, 5.41) is 0. The molecule has 25 heavy (non-hydrogen) atoms. The smallest absolute Gasteiger partial charge is 0.226 e. The summed E-state index contributed by atoms with van der Waals surface area (Å²) >= 11 is 0. The Balaban J connectivity index is 1.39. The van der Waals surface area contributed by atoms with Crippen LogP contribution in [-0.4, -0.2) is 24.3 Å². The van der Waals surface area contributed by atoms with Crippen LogP contribution in [0, 0.1) is 0 Å². The first-order chi connectivity index (χ1) is 12.3. The summed E-state index contributed by atoms with van der Waals surface area (Å²) in [4.78, 5) is 4.46. The maximum absolute atomic E-state index is 5.99. The number of aryl methyl sites for hydroxylation is 1. The standard InChI is InChI=1S/C20H19N2O3/c1-2-15-10-16(3-4-18(15)23-9-1)20-21-11-19(25-20)14-5-7-22(8-6-14)12-17-13-24-17/h3-8,10-11,17H,1-2,9,12-13H2/q+1. The van der Waals surface area contributed by atoms with Crippen molar-refractivity contribution in [3.8, 4) is 28.5 Å². The van der Waals surface area contributed by atoms with Gasteiger partial charge in [0.05, 0.1) is 19.4 Å². The first kappa shape index (κ1) is 14.7. The number of hydrogen-bond donors (Lipinski definition) is 0. The lowest BCUT2D eigenvalue weighted by atomic mass is 10.0. The van der Waals surface area contributed by atoms with Crippen molar-refractivity contribution in [1.29, 1.82) is 0 Å². The Morgan fingerprint density at radius 3 is 2.84 bits per heavy atom. The van der Waals surface area contributed by atoms with E-state index in [1.54, 1.807) is 6.20 Å². The lowest BCUT2D eigenvalue weighted by Gasteiger charge is -2.17. The van der Waals surface area contributed by atoms with E-state index in [2.05, 4.69) is 28.0 Å². The number of epoxide rings is 1. The molecule has 0 radical (unpaired) electrons. The molecule has 0 amide bonds. The number of pyridine rings is 1. The molecule has 2 aromatic heterocycles. The Hall–Kier alpha value is -2.66. The molecule has 4 heterocycles. The Labute approximate surface area is 145 Å².